The van der Waals surface area contributed by atoms with Crippen molar-refractivity contribution in [2.75, 3.05) is 11.6 Å². The van der Waals surface area contributed by atoms with Crippen molar-refractivity contribution in [1.29, 1.82) is 0 Å². The van der Waals surface area contributed by atoms with Crippen LogP contribution in [0.3, 0.4) is 0 Å². The number of fused-ring (bicyclic) bond motifs is 1. The Morgan fingerprint density at radius 2 is 2.09 bits per heavy atom. The molecule has 2 aromatic heterocycles. The van der Waals surface area contributed by atoms with Crippen LogP contribution in [0.25, 0.3) is 11.0 Å². The van der Waals surface area contributed by atoms with Crippen LogP contribution in [0.5, 0.6) is 0 Å². The van der Waals surface area contributed by atoms with Gasteiger partial charge < -0.3 is 5.73 Å². The zero-order chi connectivity index (χ0) is 16.3. The Labute approximate surface area is 135 Å². The summed E-state index contributed by atoms with van der Waals surface area (Å²) in [6.45, 7) is 8.26. The van der Waals surface area contributed by atoms with Crippen molar-refractivity contribution >= 4 is 28.5 Å². The average Bonchev–Trinajstić information content (AvgIpc) is 2.83. The molecule has 5 nitrogen and oxygen atoms in total. The first-order valence-electron chi connectivity index (χ1n) is 7.24. The molecule has 118 valence electrons. The molecule has 0 saturated carbocycles. The first-order chi connectivity index (χ1) is 10.4. The molecule has 0 aliphatic heterocycles. The van der Waals surface area contributed by atoms with Crippen LogP contribution in [0.4, 0.5) is 5.82 Å². The van der Waals surface area contributed by atoms with Crippen molar-refractivity contribution in [3.63, 3.8) is 0 Å². The van der Waals surface area contributed by atoms with Crippen molar-refractivity contribution in [1.82, 2.24) is 19.7 Å². The Morgan fingerprint density at radius 3 is 2.68 bits per heavy atom. The first-order valence-corrected chi connectivity index (χ1v) is 7.78. The monoisotopic (exact) mass is 319 g/mol. The number of aromatic nitrogens is 4. The Balaban J connectivity index is 2.57. The van der Waals surface area contributed by atoms with Gasteiger partial charge in [-0.05, 0) is 33.3 Å². The molecule has 0 atom stereocenters. The van der Waals surface area contributed by atoms with Crippen molar-refractivity contribution in [3.05, 3.63) is 35.8 Å². The van der Waals surface area contributed by atoms with Gasteiger partial charge in [-0.1, -0.05) is 18.2 Å². The van der Waals surface area contributed by atoms with Gasteiger partial charge in [-0.3, -0.25) is 0 Å². The lowest BCUT2D eigenvalue weighted by molar-refractivity contribution is 0.363. The van der Waals surface area contributed by atoms with E-state index in [9.17, 15) is 0 Å². The van der Waals surface area contributed by atoms with Crippen molar-refractivity contribution in [2.24, 2.45) is 0 Å². The molecule has 0 aromatic carbocycles. The second-order valence-corrected chi connectivity index (χ2v) is 6.39. The minimum absolute atomic E-state index is 0.181. The summed E-state index contributed by atoms with van der Waals surface area (Å²) in [5.41, 5.74) is 8.67. The smallest absolute Gasteiger partial charge is 0.164 e. The fraction of sp³-hybridized carbons (Fsp3) is 0.438. The van der Waals surface area contributed by atoms with E-state index < -0.39 is 0 Å². The van der Waals surface area contributed by atoms with E-state index in [1.54, 1.807) is 0 Å². The van der Waals surface area contributed by atoms with Crippen LogP contribution >= 0.6 is 11.6 Å². The van der Waals surface area contributed by atoms with Gasteiger partial charge in [0.15, 0.2) is 5.65 Å². The molecule has 0 amide bonds. The highest BCUT2D eigenvalue weighted by molar-refractivity contribution is 6.18. The second-order valence-electron chi connectivity index (χ2n) is 6.08. The molecule has 2 heterocycles. The highest BCUT2D eigenvalue weighted by Gasteiger charge is 2.23. The van der Waals surface area contributed by atoms with Crippen molar-refractivity contribution in [2.45, 2.75) is 39.7 Å². The average molecular weight is 320 g/mol. The largest absolute Gasteiger partial charge is 0.383 e. The molecule has 0 radical (unpaired) electrons. The van der Waals surface area contributed by atoms with Gasteiger partial charge in [0.25, 0.3) is 0 Å². The van der Waals surface area contributed by atoms with E-state index in [1.165, 1.54) is 6.33 Å². The summed E-state index contributed by atoms with van der Waals surface area (Å²) in [5.74, 6) is 0.951. The minimum Gasteiger partial charge on any atom is -0.383 e. The van der Waals surface area contributed by atoms with E-state index in [-0.39, 0.29) is 5.54 Å². The second kappa shape index (κ2) is 6.48. The van der Waals surface area contributed by atoms with Gasteiger partial charge in [0.05, 0.1) is 16.6 Å². The topological polar surface area (TPSA) is 69.6 Å². The molecule has 0 unspecified atom stereocenters. The summed E-state index contributed by atoms with van der Waals surface area (Å²) in [6, 6.07) is 0. The van der Waals surface area contributed by atoms with E-state index in [2.05, 4.69) is 30.7 Å². The number of nitrogens with zero attached hydrogens (tertiary/aromatic N) is 4. The van der Waals surface area contributed by atoms with Gasteiger partial charge in [-0.25, -0.2) is 14.6 Å². The summed E-state index contributed by atoms with van der Waals surface area (Å²) in [6.07, 6.45) is 8.12. The maximum Gasteiger partial charge on any atom is 0.164 e. The molecule has 0 fully saturated rings. The molecule has 2 rings (SSSR count). The SMILES string of the molecule is C/C=C(\C=C/CCl)Cc1nn(C(C)(C)C)c2ncnc(N)c12. The van der Waals surface area contributed by atoms with Crippen LogP contribution in [0, 0.1) is 0 Å². The summed E-state index contributed by atoms with van der Waals surface area (Å²) >= 11 is 5.72. The van der Waals surface area contributed by atoms with E-state index in [0.717, 1.165) is 22.3 Å². The quantitative estimate of drug-likeness (QED) is 0.692. The molecule has 2 aromatic rings. The molecular formula is C16H22ClN5. The molecule has 6 heteroatoms. The Hall–Kier alpha value is -1.88. The van der Waals surface area contributed by atoms with Crippen LogP contribution in [0.1, 0.15) is 33.4 Å². The number of allylic oxidation sites excluding steroid dienone is 4. The molecular weight excluding hydrogens is 298 g/mol. The van der Waals surface area contributed by atoms with E-state index >= 15 is 0 Å². The van der Waals surface area contributed by atoms with Crippen molar-refractivity contribution in [3.8, 4) is 0 Å². The van der Waals surface area contributed by atoms with Crippen LogP contribution in [-0.2, 0) is 12.0 Å². The number of rotatable bonds is 4. The number of nitrogens with two attached hydrogens (primary N) is 1. The maximum absolute atomic E-state index is 6.07. The van der Waals surface area contributed by atoms with Crippen LogP contribution < -0.4 is 5.73 Å². The minimum atomic E-state index is -0.181. The molecule has 0 spiro atoms. The summed E-state index contributed by atoms with van der Waals surface area (Å²) < 4.78 is 1.91. The zero-order valence-electron chi connectivity index (χ0n) is 13.5. The Bertz CT molecular complexity index is 722. The van der Waals surface area contributed by atoms with Gasteiger partial charge in [0.2, 0.25) is 0 Å². The van der Waals surface area contributed by atoms with Crippen LogP contribution in [0.2, 0.25) is 0 Å². The third-order valence-corrected chi connectivity index (χ3v) is 3.54. The molecule has 22 heavy (non-hydrogen) atoms. The van der Waals surface area contributed by atoms with Crippen molar-refractivity contribution < 1.29 is 0 Å². The van der Waals surface area contributed by atoms with Gasteiger partial charge in [-0.15, -0.1) is 11.6 Å². The van der Waals surface area contributed by atoms with Gasteiger partial charge in [0, 0.05) is 12.3 Å². The van der Waals surface area contributed by atoms with E-state index in [4.69, 9.17) is 22.4 Å². The predicted octanol–water partition coefficient (Wildman–Crippen LogP) is 3.45. The number of hydrogen-bond acceptors (Lipinski definition) is 4. The van der Waals surface area contributed by atoms with E-state index in [0.29, 0.717) is 18.1 Å². The molecule has 0 bridgehead atoms. The standard InChI is InChI=1S/C16H22ClN5/c1-5-11(7-6-8-17)9-12-13-14(18)19-10-20-15(13)22(21-12)16(2,3)4/h5-7,10H,8-9H2,1-4H3,(H2,18,19,20)/b7-6-,11-5+. The summed E-state index contributed by atoms with van der Waals surface area (Å²) in [4.78, 5) is 8.49. The number of hydrogen-bond donors (Lipinski definition) is 1. The lowest BCUT2D eigenvalue weighted by atomic mass is 10.1. The Kier molecular flexibility index (Phi) is 4.86. The van der Waals surface area contributed by atoms with E-state index in [1.807, 2.05) is 29.8 Å². The third-order valence-electron chi connectivity index (χ3n) is 3.37. The van der Waals surface area contributed by atoms with Gasteiger partial charge in [0.1, 0.15) is 12.1 Å². The lowest BCUT2D eigenvalue weighted by Crippen LogP contribution is -2.23. The molecule has 0 aliphatic carbocycles. The van der Waals surface area contributed by atoms with Gasteiger partial charge >= 0.3 is 0 Å². The fourth-order valence-corrected chi connectivity index (χ4v) is 2.37. The van der Waals surface area contributed by atoms with Crippen LogP contribution in [0.15, 0.2) is 30.1 Å². The normalized spacial score (nSPS) is 13.4. The predicted molar refractivity (Wildman–Crippen MR) is 92.1 cm³/mol. The Morgan fingerprint density at radius 1 is 1.36 bits per heavy atom. The lowest BCUT2D eigenvalue weighted by Gasteiger charge is -2.19. The highest BCUT2D eigenvalue weighted by atomic mass is 35.5. The maximum atomic E-state index is 6.07. The number of nitrogen functional groups attached to an aromatic ring is 1. The number of anilines is 1. The zero-order valence-corrected chi connectivity index (χ0v) is 14.2. The third kappa shape index (κ3) is 3.30. The van der Waals surface area contributed by atoms with Gasteiger partial charge in [-0.2, -0.15) is 5.10 Å². The van der Waals surface area contributed by atoms with Crippen LogP contribution in [-0.4, -0.2) is 25.6 Å². The first kappa shape index (κ1) is 16.5. The highest BCUT2D eigenvalue weighted by Crippen LogP contribution is 2.27. The molecule has 0 aliphatic rings. The fourth-order valence-electron chi connectivity index (χ4n) is 2.28. The summed E-state index contributed by atoms with van der Waals surface area (Å²) in [7, 11) is 0. The summed E-state index contributed by atoms with van der Waals surface area (Å²) in [5, 5.41) is 5.57. The number of alkyl halides is 1. The number of halogens is 1. The molecule has 2 N–H and O–H groups in total. The molecule has 0 saturated heterocycles.